The van der Waals surface area contributed by atoms with E-state index in [9.17, 15) is 89.0 Å². The van der Waals surface area contributed by atoms with Crippen LogP contribution in [0.15, 0.2) is 334 Å². The Morgan fingerprint density at radius 1 is 0.328 bits per heavy atom. The smallest absolute Gasteiger partial charge is 0.357 e. The Balaban J connectivity index is 0.000000122. The highest BCUT2D eigenvalue weighted by atomic mass is 79.9. The third kappa shape index (κ3) is 16.1. The molecule has 632 valence electrons. The normalized spacial score (nSPS) is 11.0. The molecule has 12 aromatic carbocycles. The number of methoxy groups -OCH3 is 1. The number of aromatic nitrogens is 12. The predicted molar refractivity (Wildman–Crippen MR) is 488 cm³/mol. The van der Waals surface area contributed by atoms with E-state index in [-0.39, 0.29) is 85.5 Å². The van der Waals surface area contributed by atoms with Crippen molar-refractivity contribution in [3.05, 3.63) is 418 Å². The predicted octanol–water partition coefficient (Wildman–Crippen LogP) is 14.2. The highest BCUT2D eigenvalue weighted by Crippen LogP contribution is 2.36. The molecule has 0 aromatic heterocycles. The van der Waals surface area contributed by atoms with Crippen LogP contribution in [0.4, 0.5) is 4.39 Å². The second-order valence-corrected chi connectivity index (χ2v) is 30.4. The van der Waals surface area contributed by atoms with Gasteiger partial charge in [0.25, 0.3) is 22.2 Å². The number of aromatic hydroxyl groups is 4. The summed E-state index contributed by atoms with van der Waals surface area (Å²) >= 11 is 9.29. The molecule has 0 fully saturated rings. The molecule has 0 unspecified atom stereocenters. The number of carbonyl (C=O) groups is 1. The van der Waals surface area contributed by atoms with E-state index in [0.717, 1.165) is 34.9 Å². The summed E-state index contributed by atoms with van der Waals surface area (Å²) in [4.78, 5) is 135. The summed E-state index contributed by atoms with van der Waals surface area (Å²) in [6, 6.07) is 84.0. The first-order valence-corrected chi connectivity index (χ1v) is 40.2. The van der Waals surface area contributed by atoms with Crippen molar-refractivity contribution in [2.75, 3.05) is 7.11 Å². The van der Waals surface area contributed by atoms with Crippen LogP contribution in [0, 0.1) is 51.1 Å². The quantitative estimate of drug-likeness (QED) is 0.0770. The molecule has 33 heteroatoms. The largest absolute Gasteiger partial charge is 0.508 e. The maximum atomic E-state index is 13.6. The van der Waals surface area contributed by atoms with Crippen LogP contribution in [0.25, 0.3) is 135 Å². The number of phenols is 4. The van der Waals surface area contributed by atoms with Crippen LogP contribution in [0.1, 0.15) is 32.6 Å². The number of carbonyl (C=O) groups excluding carboxylic acids is 1. The molecule has 0 bridgehead atoms. The van der Waals surface area contributed by atoms with Crippen molar-refractivity contribution in [3.63, 3.8) is 0 Å². The average molecular weight is 1810 g/mol. The monoisotopic (exact) mass is 1810 g/mol. The molecule has 0 atom stereocenters. The Bertz CT molecular complexity index is 8080. The molecule has 0 saturated heterocycles. The van der Waals surface area contributed by atoms with Gasteiger partial charge in [0, 0.05) is 32.2 Å². The van der Waals surface area contributed by atoms with Gasteiger partial charge in [-0.3, -0.25) is 37.4 Å². The number of halogens is 3. The fraction of sp³-hybridized carbons (Fsp3) is 0.0102. The standard InChI is InChI=1S/C26H16N4O5.C24H13BrN4O3.C24H13ClN4O3.C24H13FN4O3/c1-35-25(33)17-3-2-4-19(12-17)30-24(32)21-13-16-6-5-15(14-27)11-22(16)29(23(21)28-26(30)34)18-7-9-20(31)10-8-18;3*25-16-3-5-18(6-4-16)29-23(31)20-12-15-2-1-14(13-26)11-21(15)28(22(20)27-24(29)32)17-7-9-19(30)10-8-17/h2-13,31H,1H3;3*1-12,30H. The Labute approximate surface area is 747 Å². The zero-order valence-corrected chi connectivity index (χ0v) is 69.7. The minimum absolute atomic E-state index is 0.0434. The molecule has 0 aliphatic carbocycles. The van der Waals surface area contributed by atoms with Crippen LogP contribution >= 0.6 is 27.5 Å². The van der Waals surface area contributed by atoms with E-state index in [1.165, 1.54) is 92.0 Å². The zero-order valence-electron chi connectivity index (χ0n) is 67.4. The molecule has 131 heavy (non-hydrogen) atoms. The first kappa shape index (κ1) is 84.6. The Morgan fingerprint density at radius 2 is 0.580 bits per heavy atom. The fourth-order valence-corrected chi connectivity index (χ4v) is 15.4. The van der Waals surface area contributed by atoms with Gasteiger partial charge in [-0.05, 0) is 282 Å². The molecule has 30 nitrogen and oxygen atoms in total. The van der Waals surface area contributed by atoms with Crippen molar-refractivity contribution in [1.82, 2.24) is 56.5 Å². The van der Waals surface area contributed by atoms with Gasteiger partial charge in [-0.2, -0.15) is 41.0 Å². The van der Waals surface area contributed by atoms with Crippen molar-refractivity contribution in [2.24, 2.45) is 0 Å². The third-order valence-electron chi connectivity index (χ3n) is 21.1. The van der Waals surface area contributed by atoms with Gasteiger partial charge in [-0.15, -0.1) is 0 Å². The number of esters is 1. The summed E-state index contributed by atoms with van der Waals surface area (Å²) in [5, 5.41) is 79.4. The van der Waals surface area contributed by atoms with Crippen LogP contribution in [0.3, 0.4) is 0 Å². The summed E-state index contributed by atoms with van der Waals surface area (Å²) in [5.74, 6) is -0.348. The maximum Gasteiger partial charge on any atom is 0.357 e. The van der Waals surface area contributed by atoms with Crippen molar-refractivity contribution < 1.29 is 34.3 Å². The maximum absolute atomic E-state index is 13.6. The lowest BCUT2D eigenvalue weighted by Crippen LogP contribution is -2.36. The van der Waals surface area contributed by atoms with Crippen molar-refractivity contribution in [2.45, 2.75) is 0 Å². The van der Waals surface area contributed by atoms with Crippen LogP contribution < -0.4 is 45.0 Å². The van der Waals surface area contributed by atoms with E-state index in [0.29, 0.717) is 105 Å². The van der Waals surface area contributed by atoms with Gasteiger partial charge in [0.05, 0.1) is 126 Å². The second kappa shape index (κ2) is 34.8. The molecular weight excluding hydrogens is 1760 g/mol. The first-order chi connectivity index (χ1) is 63.3. The Morgan fingerprint density at radius 3 is 0.855 bits per heavy atom. The van der Waals surface area contributed by atoms with E-state index in [1.54, 1.807) is 212 Å². The van der Waals surface area contributed by atoms with Gasteiger partial charge in [-0.25, -0.2) is 46.6 Å². The van der Waals surface area contributed by atoms with Crippen molar-refractivity contribution in [3.8, 4) is 138 Å². The first-order valence-electron chi connectivity index (χ1n) is 39.0. The van der Waals surface area contributed by atoms with Gasteiger partial charge in [0.1, 0.15) is 28.8 Å². The minimum atomic E-state index is -0.840. The van der Waals surface area contributed by atoms with Gasteiger partial charge in [0.15, 0.2) is 23.3 Å². The van der Waals surface area contributed by atoms with E-state index < -0.39 is 56.8 Å². The molecular formula is C98H55BrClFN16O14. The van der Waals surface area contributed by atoms with E-state index in [2.05, 4.69) is 60.1 Å². The lowest BCUT2D eigenvalue weighted by molar-refractivity contribution is 0.0600. The molecule has 0 spiro atoms. The lowest BCUT2D eigenvalue weighted by atomic mass is 10.1. The Hall–Kier alpha value is -18.6. The molecule has 8 aliphatic rings. The topological polar surface area (TPSA) is 430 Å². The Kier molecular flexibility index (Phi) is 22.5. The molecule has 20 rings (SSSR count). The van der Waals surface area contributed by atoms with Crippen molar-refractivity contribution >= 4 is 77.1 Å². The summed E-state index contributed by atoms with van der Waals surface area (Å²) in [5.41, 5.74) is 2.92. The number of fused-ring (bicyclic) bond motifs is 8. The number of ether oxygens (including phenoxy) is 1. The zero-order chi connectivity index (χ0) is 91.9. The highest BCUT2D eigenvalue weighted by molar-refractivity contribution is 9.10. The van der Waals surface area contributed by atoms with Crippen LogP contribution in [0.5, 0.6) is 23.0 Å². The van der Waals surface area contributed by atoms with Gasteiger partial charge in [-0.1, -0.05) is 57.9 Å². The third-order valence-corrected chi connectivity index (χ3v) is 21.9. The molecule has 0 amide bonds. The van der Waals surface area contributed by atoms with E-state index in [1.807, 2.05) is 0 Å². The highest BCUT2D eigenvalue weighted by Gasteiger charge is 2.29. The summed E-state index contributed by atoms with van der Waals surface area (Å²) < 4.78 is 29.2. The number of rotatable bonds is 9. The number of nitriles is 4. The second-order valence-electron chi connectivity index (χ2n) is 29.1. The average Bonchev–Trinajstić information content (AvgIpc) is 0.750. The summed E-state index contributed by atoms with van der Waals surface area (Å²) in [6.07, 6.45) is 0. The molecule has 8 heterocycles. The number of hydrogen-bond acceptors (Lipinski definition) is 22. The lowest BCUT2D eigenvalue weighted by Gasteiger charge is -2.19. The molecule has 0 saturated carbocycles. The van der Waals surface area contributed by atoms with Crippen LogP contribution in [-0.4, -0.2) is 90.0 Å². The van der Waals surface area contributed by atoms with E-state index >= 15 is 0 Å². The molecule has 12 aromatic rings. The molecule has 0 radical (unpaired) electrons. The number of phenolic OH excluding ortho intramolecular Hbond substituents is 4. The van der Waals surface area contributed by atoms with Crippen LogP contribution in [0.2, 0.25) is 5.02 Å². The van der Waals surface area contributed by atoms with Gasteiger partial charge in [0.2, 0.25) is 0 Å². The number of nitrogens with zero attached hydrogens (tertiary/aromatic N) is 16. The number of benzene rings is 12. The van der Waals surface area contributed by atoms with Gasteiger partial charge >= 0.3 is 28.7 Å². The number of pyridine rings is 4. The SMILES string of the molecule is COC(=O)c1cccc(-n2c(=O)nc3n(-c4ccc(O)cc4)c4cc(C#N)ccc4cc-3c2=O)c1.N#Cc1ccc2cc3c(=O)n(-c4ccc(Br)cc4)c(=O)nc-3n(-c3ccc(O)cc3)c2c1.N#Cc1ccc2cc3c(=O)n(-c4ccc(Cl)cc4)c(=O)nc-3n(-c3ccc(O)cc3)c2c1.N#Cc1ccc2cc3c(=O)n(-c4ccc(F)cc4)c(=O)nc-3n(-c3ccc(O)cc3)c2c1. The van der Waals surface area contributed by atoms with Crippen LogP contribution in [-0.2, 0) is 4.74 Å². The minimum Gasteiger partial charge on any atom is -0.508 e. The molecule has 4 N–H and O–H groups in total. The number of hydrogen-bond donors (Lipinski definition) is 4. The van der Waals surface area contributed by atoms with Gasteiger partial charge < -0.3 is 25.2 Å². The molecule has 8 aliphatic heterocycles. The van der Waals surface area contributed by atoms with Crippen molar-refractivity contribution in [1.29, 1.82) is 21.0 Å². The summed E-state index contributed by atoms with van der Waals surface area (Å²) in [7, 11) is 1.24. The fourth-order valence-electron chi connectivity index (χ4n) is 15.0. The van der Waals surface area contributed by atoms with E-state index in [4.69, 9.17) is 16.3 Å². The summed E-state index contributed by atoms with van der Waals surface area (Å²) in [6.45, 7) is 0.